The zero-order valence-electron chi connectivity index (χ0n) is 15.0. The number of nitrogens with zero attached hydrogens (tertiary/aromatic N) is 2. The first kappa shape index (κ1) is 19.2. The van der Waals surface area contributed by atoms with Crippen molar-refractivity contribution in [2.24, 2.45) is 4.99 Å². The van der Waals surface area contributed by atoms with Crippen LogP contribution in [-0.4, -0.2) is 36.4 Å². The van der Waals surface area contributed by atoms with E-state index in [4.69, 9.17) is 0 Å². The first-order valence-corrected chi connectivity index (χ1v) is 9.17. The Hall–Kier alpha value is -2.14. The van der Waals surface area contributed by atoms with Gasteiger partial charge in [-0.3, -0.25) is 4.79 Å². The van der Waals surface area contributed by atoms with Gasteiger partial charge in [0.1, 0.15) is 5.82 Å². The lowest BCUT2D eigenvalue weighted by Gasteiger charge is -2.11. The van der Waals surface area contributed by atoms with Gasteiger partial charge in [-0.2, -0.15) is 0 Å². The second-order valence-corrected chi connectivity index (χ2v) is 6.93. The Morgan fingerprint density at radius 3 is 2.64 bits per heavy atom. The van der Waals surface area contributed by atoms with E-state index in [1.807, 2.05) is 37.9 Å². The third-order valence-electron chi connectivity index (χ3n) is 3.93. The van der Waals surface area contributed by atoms with E-state index in [0.717, 1.165) is 23.4 Å². The van der Waals surface area contributed by atoms with Gasteiger partial charge in [0.25, 0.3) is 0 Å². The number of halogens is 1. The van der Waals surface area contributed by atoms with Crippen molar-refractivity contribution in [1.29, 1.82) is 0 Å². The molecule has 5 heteroatoms. The van der Waals surface area contributed by atoms with E-state index in [0.29, 0.717) is 10.5 Å². The zero-order chi connectivity index (χ0) is 18.4. The first-order chi connectivity index (χ1) is 11.9. The highest BCUT2D eigenvalue weighted by Crippen LogP contribution is 2.26. The topological polar surface area (TPSA) is 32.7 Å². The number of aryl methyl sites for hydroxylation is 2. The molecular formula is C20H23FN2OS. The second kappa shape index (κ2) is 8.81. The molecule has 25 heavy (non-hydrogen) atoms. The molecule has 0 bridgehead atoms. The predicted octanol–water partition coefficient (Wildman–Crippen LogP) is 5.03. The van der Waals surface area contributed by atoms with Crippen molar-refractivity contribution in [2.45, 2.75) is 25.7 Å². The molecule has 132 valence electrons. The third kappa shape index (κ3) is 5.16. The number of thioether (sulfide) groups is 1. The Morgan fingerprint density at radius 1 is 1.24 bits per heavy atom. The van der Waals surface area contributed by atoms with Gasteiger partial charge < -0.3 is 4.90 Å². The van der Waals surface area contributed by atoms with Gasteiger partial charge in [0.05, 0.1) is 17.8 Å². The molecule has 0 aliphatic heterocycles. The third-order valence-corrected chi connectivity index (χ3v) is 4.98. The average molecular weight is 358 g/mol. The van der Waals surface area contributed by atoms with Crippen LogP contribution in [0.4, 0.5) is 10.1 Å². The maximum absolute atomic E-state index is 13.7. The highest BCUT2D eigenvalue weighted by molar-refractivity contribution is 8.00. The molecule has 0 radical (unpaired) electrons. The van der Waals surface area contributed by atoms with E-state index in [2.05, 4.69) is 11.9 Å². The van der Waals surface area contributed by atoms with Crippen molar-refractivity contribution >= 4 is 29.6 Å². The molecule has 2 rings (SSSR count). The van der Waals surface area contributed by atoms with E-state index in [1.165, 1.54) is 17.8 Å². The molecule has 0 spiro atoms. The molecule has 3 nitrogen and oxygen atoms in total. The van der Waals surface area contributed by atoms with Gasteiger partial charge in [0.2, 0.25) is 0 Å². The minimum Gasteiger partial charge on any atom is -0.366 e. The minimum atomic E-state index is -0.294. The Kier molecular flexibility index (Phi) is 6.76. The monoisotopic (exact) mass is 358 g/mol. The maximum Gasteiger partial charge on any atom is 0.173 e. The molecule has 0 heterocycles. The van der Waals surface area contributed by atoms with E-state index in [-0.39, 0.29) is 17.4 Å². The predicted molar refractivity (Wildman–Crippen MR) is 104 cm³/mol. The van der Waals surface area contributed by atoms with Gasteiger partial charge in [0.15, 0.2) is 5.78 Å². The van der Waals surface area contributed by atoms with Crippen LogP contribution >= 0.6 is 11.8 Å². The van der Waals surface area contributed by atoms with Crippen molar-refractivity contribution < 1.29 is 9.18 Å². The molecule has 0 saturated carbocycles. The Morgan fingerprint density at radius 2 is 1.96 bits per heavy atom. The van der Waals surface area contributed by atoms with Gasteiger partial charge in [-0.25, -0.2) is 9.38 Å². The van der Waals surface area contributed by atoms with Crippen LogP contribution < -0.4 is 0 Å². The number of hydrogen-bond acceptors (Lipinski definition) is 3. The smallest absolute Gasteiger partial charge is 0.173 e. The lowest BCUT2D eigenvalue weighted by Crippen LogP contribution is -2.14. The number of hydrogen-bond donors (Lipinski definition) is 0. The molecule has 0 N–H and O–H groups in total. The summed E-state index contributed by atoms with van der Waals surface area (Å²) in [5, 5.41) is 0. The number of aliphatic imine (C=N–C) groups is 1. The van der Waals surface area contributed by atoms with E-state index >= 15 is 0 Å². The van der Waals surface area contributed by atoms with Crippen molar-refractivity contribution in [3.05, 3.63) is 58.9 Å². The molecule has 2 aromatic rings. The number of carbonyl (C=O) groups excluding carboxylic acids is 1. The van der Waals surface area contributed by atoms with Crippen LogP contribution in [-0.2, 0) is 0 Å². The second-order valence-electron chi connectivity index (χ2n) is 5.91. The summed E-state index contributed by atoms with van der Waals surface area (Å²) in [5.74, 6) is -0.0874. The minimum absolute atomic E-state index is 0.00458. The van der Waals surface area contributed by atoms with Gasteiger partial charge >= 0.3 is 0 Å². The van der Waals surface area contributed by atoms with Crippen LogP contribution in [0.25, 0.3) is 0 Å². The lowest BCUT2D eigenvalue weighted by atomic mass is 10.0. The molecule has 2 aromatic carbocycles. The normalized spacial score (nSPS) is 11.1. The van der Waals surface area contributed by atoms with Crippen molar-refractivity contribution in [3.8, 4) is 0 Å². The molecule has 0 saturated heterocycles. The lowest BCUT2D eigenvalue weighted by molar-refractivity contribution is 0.102. The number of ketones is 1. The largest absolute Gasteiger partial charge is 0.366 e. The molecule has 0 atom stereocenters. The molecular weight excluding hydrogens is 335 g/mol. The summed E-state index contributed by atoms with van der Waals surface area (Å²) < 4.78 is 13.7. The maximum atomic E-state index is 13.7. The van der Waals surface area contributed by atoms with Crippen molar-refractivity contribution in [1.82, 2.24) is 4.90 Å². The fourth-order valence-electron chi connectivity index (χ4n) is 2.27. The summed E-state index contributed by atoms with van der Waals surface area (Å²) in [6, 6.07) is 10.3. The average Bonchev–Trinajstić information content (AvgIpc) is 2.60. The van der Waals surface area contributed by atoms with Gasteiger partial charge in [-0.15, -0.1) is 11.8 Å². The molecule has 0 fully saturated rings. The Balaban J connectivity index is 2.13. The van der Waals surface area contributed by atoms with E-state index < -0.39 is 0 Å². The summed E-state index contributed by atoms with van der Waals surface area (Å²) in [7, 11) is 1.96. The highest BCUT2D eigenvalue weighted by Gasteiger charge is 2.13. The summed E-state index contributed by atoms with van der Waals surface area (Å²) in [6.45, 7) is 6.78. The van der Waals surface area contributed by atoms with Crippen LogP contribution in [0, 0.1) is 19.7 Å². The number of benzene rings is 2. The summed E-state index contributed by atoms with van der Waals surface area (Å²) in [6.07, 6.45) is 1.79. The van der Waals surface area contributed by atoms with E-state index in [1.54, 1.807) is 24.5 Å². The fourth-order valence-corrected chi connectivity index (χ4v) is 3.09. The fraction of sp³-hybridized carbons (Fsp3) is 0.300. The summed E-state index contributed by atoms with van der Waals surface area (Å²) in [5.41, 5.74) is 3.36. The van der Waals surface area contributed by atoms with Crippen molar-refractivity contribution in [2.75, 3.05) is 19.3 Å². The molecule has 0 aromatic heterocycles. The number of rotatable bonds is 7. The quantitative estimate of drug-likeness (QED) is 0.301. The molecule has 0 amide bonds. The Bertz CT molecular complexity index is 789. The summed E-state index contributed by atoms with van der Waals surface area (Å²) in [4.78, 5) is 19.5. The van der Waals surface area contributed by atoms with Gasteiger partial charge in [0, 0.05) is 24.1 Å². The van der Waals surface area contributed by atoms with Gasteiger partial charge in [-0.1, -0.05) is 12.1 Å². The van der Waals surface area contributed by atoms with Crippen LogP contribution in [0.3, 0.4) is 0 Å². The number of Topliss-reactive ketones (excluding diaryl/α,β-unsaturated/α-hetero) is 1. The molecule has 0 aliphatic rings. The Labute approximate surface area is 153 Å². The first-order valence-electron chi connectivity index (χ1n) is 8.18. The standard InChI is InChI=1S/C20H23FN2OS/c1-5-23(4)13-22-18-11-14(2)16(10-15(18)3)19(24)12-25-20-9-7-6-8-17(20)21/h6-11,13H,5,12H2,1-4H3. The van der Waals surface area contributed by atoms with Crippen LogP contribution in [0.5, 0.6) is 0 Å². The van der Waals surface area contributed by atoms with Crippen LogP contribution in [0.2, 0.25) is 0 Å². The van der Waals surface area contributed by atoms with Crippen LogP contribution in [0.15, 0.2) is 46.3 Å². The highest BCUT2D eigenvalue weighted by atomic mass is 32.2. The van der Waals surface area contributed by atoms with E-state index in [9.17, 15) is 9.18 Å². The molecule has 0 unspecified atom stereocenters. The molecule has 0 aliphatic carbocycles. The number of carbonyl (C=O) groups is 1. The van der Waals surface area contributed by atoms with Crippen molar-refractivity contribution in [3.63, 3.8) is 0 Å². The SMILES string of the molecule is CCN(C)C=Nc1cc(C)c(C(=O)CSc2ccccc2F)cc1C. The summed E-state index contributed by atoms with van der Waals surface area (Å²) >= 11 is 1.23. The van der Waals surface area contributed by atoms with Crippen LogP contribution in [0.1, 0.15) is 28.4 Å². The zero-order valence-corrected chi connectivity index (χ0v) is 15.9. The van der Waals surface area contributed by atoms with Gasteiger partial charge in [-0.05, 0) is 56.2 Å².